The first-order valence-corrected chi connectivity index (χ1v) is 17.0. The summed E-state index contributed by atoms with van der Waals surface area (Å²) in [5.74, 6) is -1.86. The minimum Gasteiger partial charge on any atom is -0.489 e. The van der Waals surface area contributed by atoms with Gasteiger partial charge in [0.2, 0.25) is 23.6 Å². The van der Waals surface area contributed by atoms with Gasteiger partial charge in [0, 0.05) is 29.9 Å². The predicted molar refractivity (Wildman–Crippen MR) is 186 cm³/mol. The van der Waals surface area contributed by atoms with Crippen molar-refractivity contribution in [3.63, 3.8) is 0 Å². The number of carbonyl (C=O) groups is 6. The lowest BCUT2D eigenvalue weighted by atomic mass is 10.1. The smallest absolute Gasteiger partial charge is 0.408 e. The van der Waals surface area contributed by atoms with Crippen LogP contribution >= 0.6 is 0 Å². The van der Waals surface area contributed by atoms with Crippen molar-refractivity contribution in [3.05, 3.63) is 95.6 Å². The van der Waals surface area contributed by atoms with Crippen molar-refractivity contribution in [1.82, 2.24) is 26.2 Å². The summed E-state index contributed by atoms with van der Waals surface area (Å²) in [6, 6.07) is 21.1. The molecule has 2 heterocycles. The Labute approximate surface area is 295 Å². The second-order valence-corrected chi connectivity index (χ2v) is 12.2. The average molecular weight is 699 g/mol. The van der Waals surface area contributed by atoms with Crippen LogP contribution in [-0.4, -0.2) is 78.8 Å². The van der Waals surface area contributed by atoms with E-state index in [-0.39, 0.29) is 44.8 Å². The van der Waals surface area contributed by atoms with E-state index in [0.717, 1.165) is 5.56 Å². The van der Waals surface area contributed by atoms with Crippen LogP contribution in [0.1, 0.15) is 53.6 Å². The molecule has 5 N–H and O–H groups in total. The number of ether oxygens (including phenoxy) is 2. The third-order valence-electron chi connectivity index (χ3n) is 8.50. The van der Waals surface area contributed by atoms with Gasteiger partial charge in [0.25, 0.3) is 5.91 Å². The Morgan fingerprint density at radius 1 is 0.784 bits per heavy atom. The Bertz CT molecular complexity index is 1700. The van der Waals surface area contributed by atoms with Crippen LogP contribution in [0.5, 0.6) is 5.75 Å². The van der Waals surface area contributed by atoms with Crippen LogP contribution in [0.25, 0.3) is 0 Å². The molecule has 0 saturated carbocycles. The number of alkyl carbamates (subject to hydrolysis) is 1. The standard InChI is InChI=1S/C37H42N6O8/c44-32-21-39-33(45)22-40-34(46)29-20-27(17-16-26(29)24-50-28-12-5-2-6-13-28)41-35(47)31-15-9-19-43(31)36(48)30(14-7-8-18-38-32)42-37(49)51-23-25-10-3-1-4-11-25/h1-6,10-13,16-17,20,30-31H,7-9,14-15,18-19,21-24H2,(H,38,44)(H,39,45)(H,40,46)(H,41,47)(H,42,49)/t30-,31-/m0/s1. The van der Waals surface area contributed by atoms with Crippen LogP contribution < -0.4 is 31.3 Å². The second-order valence-electron chi connectivity index (χ2n) is 12.2. The third kappa shape index (κ3) is 10.8. The van der Waals surface area contributed by atoms with E-state index in [1.165, 1.54) is 11.0 Å². The van der Waals surface area contributed by atoms with Crippen molar-refractivity contribution in [2.24, 2.45) is 0 Å². The minimum atomic E-state index is -0.982. The lowest BCUT2D eigenvalue weighted by Crippen LogP contribution is -2.52. The third-order valence-corrected chi connectivity index (χ3v) is 8.50. The molecule has 14 heteroatoms. The monoisotopic (exact) mass is 698 g/mol. The van der Waals surface area contributed by atoms with Crippen LogP contribution in [0.2, 0.25) is 0 Å². The highest BCUT2D eigenvalue weighted by Gasteiger charge is 2.38. The van der Waals surface area contributed by atoms with Gasteiger partial charge in [0.05, 0.1) is 13.1 Å². The maximum atomic E-state index is 13.9. The van der Waals surface area contributed by atoms with E-state index in [1.54, 1.807) is 24.3 Å². The molecule has 6 amide bonds. The number of amides is 6. The first-order valence-electron chi connectivity index (χ1n) is 17.0. The fraction of sp³-hybridized carbons (Fsp3) is 0.351. The molecular weight excluding hydrogens is 656 g/mol. The molecule has 2 bridgehead atoms. The summed E-state index contributed by atoms with van der Waals surface area (Å²) in [5, 5.41) is 13.3. The summed E-state index contributed by atoms with van der Waals surface area (Å²) in [7, 11) is 0. The highest BCUT2D eigenvalue weighted by atomic mass is 16.5. The van der Waals surface area contributed by atoms with Gasteiger partial charge in [-0.25, -0.2) is 4.79 Å². The molecule has 2 aliphatic rings. The minimum absolute atomic E-state index is 0.0160. The molecule has 0 aromatic heterocycles. The number of benzene rings is 3. The summed E-state index contributed by atoms with van der Waals surface area (Å²) in [6.45, 7) is -0.0538. The maximum absolute atomic E-state index is 13.9. The quantitative estimate of drug-likeness (QED) is 0.260. The van der Waals surface area contributed by atoms with E-state index in [4.69, 9.17) is 9.47 Å². The number of rotatable bonds is 6. The lowest BCUT2D eigenvalue weighted by molar-refractivity contribution is -0.138. The largest absolute Gasteiger partial charge is 0.489 e. The highest BCUT2D eigenvalue weighted by molar-refractivity contribution is 6.02. The van der Waals surface area contributed by atoms with E-state index in [0.29, 0.717) is 49.2 Å². The molecule has 0 spiro atoms. The molecule has 3 aromatic rings. The van der Waals surface area contributed by atoms with Gasteiger partial charge >= 0.3 is 6.09 Å². The Balaban J connectivity index is 1.35. The van der Waals surface area contributed by atoms with E-state index in [9.17, 15) is 28.8 Å². The first kappa shape index (κ1) is 36.4. The SMILES string of the molecule is O=C1CNC(=O)CNC(=O)c2cc(ccc2COc2ccccc2)NC(=O)[C@@H]2CCCN2C(=O)[C@@H](NC(=O)OCc2ccccc2)CCCCN1. The van der Waals surface area contributed by atoms with Crippen LogP contribution in [0.3, 0.4) is 0 Å². The van der Waals surface area contributed by atoms with Gasteiger partial charge in [0.1, 0.15) is 31.0 Å². The molecule has 51 heavy (non-hydrogen) atoms. The normalized spacial score (nSPS) is 19.3. The van der Waals surface area contributed by atoms with Crippen LogP contribution in [0, 0.1) is 0 Å². The zero-order valence-corrected chi connectivity index (χ0v) is 28.2. The van der Waals surface area contributed by atoms with Gasteiger partial charge in [0.15, 0.2) is 0 Å². The maximum Gasteiger partial charge on any atom is 0.408 e. The first-order chi connectivity index (χ1) is 24.8. The van der Waals surface area contributed by atoms with Gasteiger partial charge in [-0.3, -0.25) is 24.0 Å². The topological polar surface area (TPSA) is 184 Å². The molecule has 0 radical (unpaired) electrons. The van der Waals surface area contributed by atoms with Crippen molar-refractivity contribution >= 4 is 41.3 Å². The van der Waals surface area contributed by atoms with E-state index in [2.05, 4.69) is 26.6 Å². The van der Waals surface area contributed by atoms with E-state index >= 15 is 0 Å². The fourth-order valence-corrected chi connectivity index (χ4v) is 5.82. The van der Waals surface area contributed by atoms with Gasteiger partial charge < -0.3 is 41.0 Å². The van der Waals surface area contributed by atoms with Crippen LogP contribution in [0.4, 0.5) is 10.5 Å². The molecule has 2 atom stereocenters. The van der Waals surface area contributed by atoms with Gasteiger partial charge in [-0.15, -0.1) is 0 Å². The molecule has 2 aliphatic heterocycles. The summed E-state index contributed by atoms with van der Waals surface area (Å²) in [4.78, 5) is 80.1. The summed E-state index contributed by atoms with van der Waals surface area (Å²) in [6.07, 6.45) is 1.39. The molecule has 14 nitrogen and oxygen atoms in total. The number of nitrogens with zero attached hydrogens (tertiary/aromatic N) is 1. The number of anilines is 1. The highest BCUT2D eigenvalue weighted by Crippen LogP contribution is 2.24. The summed E-state index contributed by atoms with van der Waals surface area (Å²) < 4.78 is 11.3. The van der Waals surface area contributed by atoms with E-state index in [1.807, 2.05) is 48.5 Å². The van der Waals surface area contributed by atoms with Crippen molar-refractivity contribution in [2.75, 3.05) is 31.5 Å². The number of para-hydroxylation sites is 1. The number of hydrogen-bond donors (Lipinski definition) is 5. The lowest BCUT2D eigenvalue weighted by Gasteiger charge is -2.28. The van der Waals surface area contributed by atoms with E-state index < -0.39 is 47.7 Å². The molecule has 1 saturated heterocycles. The Hall–Kier alpha value is -5.92. The fourth-order valence-electron chi connectivity index (χ4n) is 5.82. The van der Waals surface area contributed by atoms with Crippen molar-refractivity contribution in [3.8, 4) is 5.75 Å². The Kier molecular flexibility index (Phi) is 13.0. The molecular formula is C37H42N6O8. The summed E-state index contributed by atoms with van der Waals surface area (Å²) >= 11 is 0. The number of carbonyl (C=O) groups excluding carboxylic acids is 6. The molecule has 3 aromatic carbocycles. The summed E-state index contributed by atoms with van der Waals surface area (Å²) in [5.41, 5.74) is 1.75. The number of nitrogens with one attached hydrogen (secondary N) is 5. The Morgan fingerprint density at radius 2 is 1.51 bits per heavy atom. The zero-order chi connectivity index (χ0) is 36.0. The Morgan fingerprint density at radius 3 is 2.29 bits per heavy atom. The van der Waals surface area contributed by atoms with Gasteiger partial charge in [-0.05, 0) is 61.9 Å². The van der Waals surface area contributed by atoms with Crippen molar-refractivity contribution in [2.45, 2.75) is 57.4 Å². The van der Waals surface area contributed by atoms with Crippen LogP contribution in [0.15, 0.2) is 78.9 Å². The van der Waals surface area contributed by atoms with Crippen LogP contribution in [-0.2, 0) is 37.1 Å². The molecule has 0 unspecified atom stereocenters. The molecule has 1 fully saturated rings. The molecule has 0 aliphatic carbocycles. The predicted octanol–water partition coefficient (Wildman–Crippen LogP) is 2.64. The molecule has 5 rings (SSSR count). The zero-order valence-electron chi connectivity index (χ0n) is 28.2. The average Bonchev–Trinajstić information content (AvgIpc) is 3.65. The van der Waals surface area contributed by atoms with Gasteiger partial charge in [-0.1, -0.05) is 54.6 Å². The van der Waals surface area contributed by atoms with Crippen molar-refractivity contribution in [1.29, 1.82) is 0 Å². The molecule has 268 valence electrons. The van der Waals surface area contributed by atoms with Gasteiger partial charge in [-0.2, -0.15) is 0 Å². The second kappa shape index (κ2) is 18.2. The number of hydrogen-bond acceptors (Lipinski definition) is 8. The van der Waals surface area contributed by atoms with Crippen molar-refractivity contribution < 1.29 is 38.2 Å². The number of fused-ring (bicyclic) bond motifs is 3.